The van der Waals surface area contributed by atoms with Gasteiger partial charge in [0.2, 0.25) is 5.75 Å². The first kappa shape index (κ1) is 28.1. The monoisotopic (exact) mass is 655 g/mol. The second kappa shape index (κ2) is 11.9. The van der Waals surface area contributed by atoms with Crippen molar-refractivity contribution in [3.8, 4) is 5.75 Å². The van der Waals surface area contributed by atoms with Crippen LogP contribution in [0.25, 0.3) is 10.9 Å². The largest absolute Gasteiger partial charge is 0.476 e. The molecule has 0 spiro atoms. The zero-order valence-corrected chi connectivity index (χ0v) is 24.3. The maximum absolute atomic E-state index is 13.4. The molecule has 0 bridgehead atoms. The fraction of sp³-hybridized carbons (Fsp3) is 0.185. The molecule has 0 aliphatic rings. The van der Waals surface area contributed by atoms with Gasteiger partial charge in [0, 0.05) is 32.2 Å². The number of benzene rings is 3. The van der Waals surface area contributed by atoms with Crippen molar-refractivity contribution in [1.29, 1.82) is 0 Å². The van der Waals surface area contributed by atoms with Gasteiger partial charge in [0.05, 0.1) is 22.0 Å². The van der Waals surface area contributed by atoms with Crippen LogP contribution in [0.4, 0.5) is 11.4 Å². The number of carbonyl (C=O) groups excluding carboxylic acids is 1. The van der Waals surface area contributed by atoms with E-state index in [-0.39, 0.29) is 22.9 Å². The Morgan fingerprint density at radius 3 is 2.62 bits per heavy atom. The molecule has 0 atom stereocenters. The highest BCUT2D eigenvalue weighted by Crippen LogP contribution is 2.34. The van der Waals surface area contributed by atoms with Gasteiger partial charge in [0.15, 0.2) is 6.61 Å². The van der Waals surface area contributed by atoms with Crippen molar-refractivity contribution in [1.82, 2.24) is 9.66 Å². The summed E-state index contributed by atoms with van der Waals surface area (Å²) in [6, 6.07) is 15.2. The van der Waals surface area contributed by atoms with E-state index in [9.17, 15) is 19.7 Å². The van der Waals surface area contributed by atoms with Gasteiger partial charge < -0.3 is 10.1 Å². The van der Waals surface area contributed by atoms with Crippen molar-refractivity contribution in [3.63, 3.8) is 0 Å². The van der Waals surface area contributed by atoms with Gasteiger partial charge in [0.25, 0.3) is 11.5 Å². The van der Waals surface area contributed by atoms with Crippen LogP contribution in [-0.2, 0) is 4.79 Å². The number of para-hydroxylation sites is 1. The zero-order chi connectivity index (χ0) is 28.3. The van der Waals surface area contributed by atoms with E-state index in [1.54, 1.807) is 36.4 Å². The van der Waals surface area contributed by atoms with Crippen LogP contribution in [0, 0.1) is 17.0 Å². The number of anilines is 1. The van der Waals surface area contributed by atoms with Crippen LogP contribution in [0.1, 0.15) is 36.7 Å². The number of carbonyl (C=O) groups is 1. The molecule has 1 heterocycles. The maximum atomic E-state index is 13.4. The highest BCUT2D eigenvalue weighted by atomic mass is 79.9. The molecule has 1 N–H and O–H groups in total. The number of ether oxygens (including phenoxy) is 1. The Balaban J connectivity index is 1.74. The number of aryl methyl sites for hydroxylation is 1. The van der Waals surface area contributed by atoms with E-state index in [2.05, 4.69) is 47.3 Å². The van der Waals surface area contributed by atoms with Gasteiger partial charge in [-0.15, -0.1) is 0 Å². The Hall–Kier alpha value is -3.90. The Kier molecular flexibility index (Phi) is 8.56. The quantitative estimate of drug-likeness (QED) is 0.137. The highest BCUT2D eigenvalue weighted by Gasteiger charge is 2.22. The molecular formula is C27H23Br2N5O5. The van der Waals surface area contributed by atoms with E-state index in [0.717, 1.165) is 5.56 Å². The topological polar surface area (TPSA) is 129 Å². The van der Waals surface area contributed by atoms with E-state index >= 15 is 0 Å². The van der Waals surface area contributed by atoms with Gasteiger partial charge in [-0.2, -0.15) is 9.78 Å². The molecule has 0 radical (unpaired) electrons. The van der Waals surface area contributed by atoms with Gasteiger partial charge in [-0.3, -0.25) is 19.7 Å². The first-order chi connectivity index (χ1) is 18.5. The number of amides is 1. The predicted octanol–water partition coefficient (Wildman–Crippen LogP) is 6.16. The summed E-state index contributed by atoms with van der Waals surface area (Å²) in [5.74, 6) is -0.397. The molecule has 0 saturated heterocycles. The number of hydrogen-bond acceptors (Lipinski definition) is 7. The Bertz CT molecular complexity index is 1680. The van der Waals surface area contributed by atoms with Gasteiger partial charge in [-0.05, 0) is 42.8 Å². The van der Waals surface area contributed by atoms with Crippen molar-refractivity contribution in [3.05, 3.63) is 101 Å². The molecule has 0 fully saturated rings. The minimum atomic E-state index is -0.614. The zero-order valence-electron chi connectivity index (χ0n) is 21.1. The lowest BCUT2D eigenvalue weighted by molar-refractivity contribution is -0.385. The number of nitro groups is 1. The van der Waals surface area contributed by atoms with Gasteiger partial charge in [-0.1, -0.05) is 63.9 Å². The lowest BCUT2D eigenvalue weighted by Gasteiger charge is -2.13. The molecule has 1 amide bonds. The fourth-order valence-electron chi connectivity index (χ4n) is 3.80. The van der Waals surface area contributed by atoms with Gasteiger partial charge in [-0.25, -0.2) is 4.98 Å². The van der Waals surface area contributed by atoms with Crippen LogP contribution in [0.2, 0.25) is 0 Å². The molecule has 1 aromatic heterocycles. The van der Waals surface area contributed by atoms with E-state index in [1.165, 1.54) is 17.0 Å². The average Bonchev–Trinajstić information content (AvgIpc) is 2.88. The van der Waals surface area contributed by atoms with E-state index in [4.69, 9.17) is 4.74 Å². The summed E-state index contributed by atoms with van der Waals surface area (Å²) in [5, 5.41) is 19.3. The number of halogens is 2. The summed E-state index contributed by atoms with van der Waals surface area (Å²) in [6.45, 7) is 5.12. The second-order valence-corrected chi connectivity index (χ2v) is 10.7. The first-order valence-corrected chi connectivity index (χ1v) is 13.4. The van der Waals surface area contributed by atoms with Crippen molar-refractivity contribution >= 4 is 66.3 Å². The lowest BCUT2D eigenvalue weighted by Crippen LogP contribution is -2.23. The number of nitrogens with one attached hydrogen (secondary N) is 1. The number of aromatic nitrogens is 2. The average molecular weight is 657 g/mol. The van der Waals surface area contributed by atoms with Crippen LogP contribution in [0.3, 0.4) is 0 Å². The van der Waals surface area contributed by atoms with Crippen LogP contribution >= 0.6 is 31.9 Å². The fourth-order valence-corrected chi connectivity index (χ4v) is 4.62. The number of rotatable bonds is 8. The molecule has 12 heteroatoms. The molecule has 39 heavy (non-hydrogen) atoms. The predicted molar refractivity (Wildman–Crippen MR) is 157 cm³/mol. The summed E-state index contributed by atoms with van der Waals surface area (Å²) in [7, 11) is 0. The third-order valence-electron chi connectivity index (χ3n) is 5.69. The molecule has 0 aliphatic carbocycles. The van der Waals surface area contributed by atoms with E-state index < -0.39 is 23.0 Å². The molecule has 0 unspecified atom stereocenters. The molecule has 200 valence electrons. The molecule has 4 rings (SSSR count). The minimum Gasteiger partial charge on any atom is -0.476 e. The first-order valence-electron chi connectivity index (χ1n) is 11.8. The third-order valence-corrected chi connectivity index (χ3v) is 6.64. The molecule has 0 aliphatic heterocycles. The summed E-state index contributed by atoms with van der Waals surface area (Å²) < 4.78 is 7.94. The van der Waals surface area contributed by atoms with E-state index in [0.29, 0.717) is 31.4 Å². The van der Waals surface area contributed by atoms with E-state index in [1.807, 2.05) is 32.9 Å². The summed E-state index contributed by atoms with van der Waals surface area (Å²) in [6.07, 6.45) is 1.28. The third kappa shape index (κ3) is 6.40. The highest BCUT2D eigenvalue weighted by molar-refractivity contribution is 9.10. The molecule has 4 aromatic rings. The Morgan fingerprint density at radius 2 is 1.92 bits per heavy atom. The minimum absolute atomic E-state index is 0.152. The van der Waals surface area contributed by atoms with Crippen molar-refractivity contribution in [2.24, 2.45) is 5.10 Å². The van der Waals surface area contributed by atoms with Crippen LogP contribution in [-0.4, -0.2) is 33.3 Å². The summed E-state index contributed by atoms with van der Waals surface area (Å²) in [4.78, 5) is 41.8. The SMILES string of the molecule is Cc1ccccc1NC(=O)COc1c(C=Nn2c(C(C)C)nc3ccc(Br)cc3c2=O)cc(Br)cc1[N+](=O)[O-]. The van der Waals surface area contributed by atoms with Crippen molar-refractivity contribution in [2.45, 2.75) is 26.7 Å². The van der Waals surface area contributed by atoms with Crippen LogP contribution in [0.5, 0.6) is 5.75 Å². The smallest absolute Gasteiger partial charge is 0.312 e. The van der Waals surface area contributed by atoms with Gasteiger partial charge in [0.1, 0.15) is 5.82 Å². The second-order valence-electron chi connectivity index (χ2n) is 8.90. The lowest BCUT2D eigenvalue weighted by atomic mass is 10.1. The van der Waals surface area contributed by atoms with Gasteiger partial charge >= 0.3 is 5.69 Å². The van der Waals surface area contributed by atoms with Crippen LogP contribution in [0.15, 0.2) is 73.4 Å². The maximum Gasteiger partial charge on any atom is 0.312 e. The molecular weight excluding hydrogens is 634 g/mol. The normalized spacial score (nSPS) is 11.3. The number of fused-ring (bicyclic) bond motifs is 1. The summed E-state index contributed by atoms with van der Waals surface area (Å²) in [5.41, 5.74) is 1.41. The number of hydrogen-bond donors (Lipinski definition) is 1. The number of nitrogens with zero attached hydrogens (tertiary/aromatic N) is 4. The molecule has 0 saturated carbocycles. The Morgan fingerprint density at radius 1 is 1.18 bits per heavy atom. The van der Waals surface area contributed by atoms with Crippen molar-refractivity contribution in [2.75, 3.05) is 11.9 Å². The Labute approximate surface area is 240 Å². The molecule has 3 aromatic carbocycles. The van der Waals surface area contributed by atoms with Crippen molar-refractivity contribution < 1.29 is 14.5 Å². The number of nitro benzene ring substituents is 1. The van der Waals surface area contributed by atoms with Crippen LogP contribution < -0.4 is 15.6 Å². The standard InChI is InChI=1S/C27H23Br2N5O5/c1-15(2)26-32-22-9-8-18(28)11-20(22)27(36)33(26)30-13-17-10-19(29)12-23(34(37)38)25(17)39-14-24(35)31-21-7-5-4-6-16(21)3/h4-13,15H,14H2,1-3H3,(H,31,35). The summed E-state index contributed by atoms with van der Waals surface area (Å²) >= 11 is 6.65. The molecule has 10 nitrogen and oxygen atoms in total.